The van der Waals surface area contributed by atoms with Gasteiger partial charge in [-0.15, -0.1) is 0 Å². The Labute approximate surface area is 547 Å². The lowest BCUT2D eigenvalue weighted by Crippen LogP contribution is -2.08. The fourth-order valence-corrected chi connectivity index (χ4v) is 16.0. The van der Waals surface area contributed by atoms with Crippen LogP contribution in [-0.4, -0.2) is 27.4 Å². The van der Waals surface area contributed by atoms with Gasteiger partial charge in [0.1, 0.15) is 11.6 Å². The monoisotopic (exact) mass is 1260 g/mol. The number of nitriles is 1. The maximum Gasteiger partial charge on any atom is 0.200 e. The van der Waals surface area contributed by atoms with Crippen LogP contribution in [0.15, 0.2) is 279 Å². The van der Waals surface area contributed by atoms with Crippen LogP contribution < -0.4 is 0 Å². The molecule has 456 valence electrons. The first-order valence-electron chi connectivity index (χ1n) is 31.9. The predicted molar refractivity (Wildman–Crippen MR) is 382 cm³/mol. The summed E-state index contributed by atoms with van der Waals surface area (Å²) in [6, 6.07) is 95.6. The minimum Gasteiger partial charge on any atom is -0.309 e. The molecule has 0 saturated carbocycles. The van der Waals surface area contributed by atoms with E-state index in [1.54, 1.807) is 0 Å². The van der Waals surface area contributed by atoms with Gasteiger partial charge in [0.15, 0.2) is 23.3 Å². The second-order valence-corrected chi connectivity index (χ2v) is 24.9. The van der Waals surface area contributed by atoms with Gasteiger partial charge in [0.2, 0.25) is 5.82 Å². The Morgan fingerprint density at radius 3 is 0.649 bits per heavy atom. The van der Waals surface area contributed by atoms with Gasteiger partial charge in [-0.3, -0.25) is 0 Å². The first kappa shape index (κ1) is 54.6. The van der Waals surface area contributed by atoms with Gasteiger partial charge in [0.05, 0.1) is 83.1 Å². The molecule has 0 fully saturated rings. The molecule has 0 N–H and O–H groups in total. The quantitative estimate of drug-likeness (QED) is 0.0891. The normalized spacial score (nSPS) is 12.2. The fourth-order valence-electron chi connectivity index (χ4n) is 16.0. The van der Waals surface area contributed by atoms with Gasteiger partial charge >= 0.3 is 0 Å². The lowest BCUT2D eigenvalue weighted by molar-refractivity contribution is 0.381. The number of para-hydroxylation sites is 8. The summed E-state index contributed by atoms with van der Waals surface area (Å²) < 4.78 is 95.1. The van der Waals surface area contributed by atoms with Gasteiger partial charge in [0.25, 0.3) is 0 Å². The zero-order valence-electron chi connectivity index (χ0n) is 51.1. The van der Waals surface area contributed by atoms with E-state index < -0.39 is 34.6 Å². The summed E-state index contributed by atoms with van der Waals surface area (Å²) in [7, 11) is 0. The topological polar surface area (TPSA) is 53.4 Å². The summed E-state index contributed by atoms with van der Waals surface area (Å²) in [5, 5.41) is 23.9. The smallest absolute Gasteiger partial charge is 0.200 e. The van der Waals surface area contributed by atoms with Crippen molar-refractivity contribution in [3.05, 3.63) is 314 Å². The molecule has 6 heterocycles. The van der Waals surface area contributed by atoms with E-state index >= 15 is 22.0 Å². The number of benzene rings is 14. The van der Waals surface area contributed by atoms with Crippen LogP contribution in [0.2, 0.25) is 0 Å². The first-order valence-corrected chi connectivity index (χ1v) is 31.9. The van der Waals surface area contributed by atoms with E-state index in [1.165, 1.54) is 12.1 Å². The number of hydrogen-bond acceptors (Lipinski definition) is 1. The molecule has 0 spiro atoms. The third-order valence-corrected chi connectivity index (χ3v) is 20.0. The molecular formula is C85H46F5N7. The van der Waals surface area contributed by atoms with Crippen molar-refractivity contribution in [2.75, 3.05) is 0 Å². The summed E-state index contributed by atoms with van der Waals surface area (Å²) in [5.41, 5.74) is 11.7. The van der Waals surface area contributed by atoms with Crippen LogP contribution in [0.1, 0.15) is 5.56 Å². The van der Waals surface area contributed by atoms with Gasteiger partial charge in [-0.25, -0.2) is 22.0 Å². The van der Waals surface area contributed by atoms with E-state index in [0.29, 0.717) is 22.1 Å². The number of fused-ring (bicyclic) bond motifs is 18. The molecule has 7 nitrogen and oxygen atoms in total. The van der Waals surface area contributed by atoms with Crippen LogP contribution in [0.25, 0.3) is 176 Å². The number of aromatic nitrogens is 6. The van der Waals surface area contributed by atoms with Crippen molar-refractivity contribution in [2.24, 2.45) is 0 Å². The molecule has 0 saturated heterocycles. The van der Waals surface area contributed by atoms with Gasteiger partial charge in [-0.1, -0.05) is 170 Å². The third-order valence-electron chi connectivity index (χ3n) is 20.0. The molecule has 20 rings (SSSR count). The van der Waals surface area contributed by atoms with Crippen molar-refractivity contribution < 1.29 is 22.0 Å². The summed E-state index contributed by atoms with van der Waals surface area (Å²) in [6.07, 6.45) is 0. The molecule has 0 radical (unpaired) electrons. The first-order chi connectivity index (χ1) is 47.7. The maximum atomic E-state index is 17.3. The summed E-state index contributed by atoms with van der Waals surface area (Å²) in [5.74, 6) is -10.5. The zero-order valence-corrected chi connectivity index (χ0v) is 51.1. The highest BCUT2D eigenvalue weighted by molar-refractivity contribution is 6.17. The average Bonchev–Trinajstić information content (AvgIpc) is 1.58. The molecule has 0 amide bonds. The molecule has 0 aliphatic rings. The number of halogens is 5. The number of rotatable bonds is 7. The number of nitrogens with zero attached hydrogens (tertiary/aromatic N) is 7. The average molecular weight is 1260 g/mol. The van der Waals surface area contributed by atoms with Crippen molar-refractivity contribution in [3.8, 4) is 51.3 Å². The summed E-state index contributed by atoms with van der Waals surface area (Å²) in [4.78, 5) is 0. The Morgan fingerprint density at radius 2 is 0.423 bits per heavy atom. The molecular weight excluding hydrogens is 1210 g/mol. The highest BCUT2D eigenvalue weighted by Gasteiger charge is 2.31. The molecule has 0 unspecified atom stereocenters. The molecule has 0 bridgehead atoms. The highest BCUT2D eigenvalue weighted by Crippen LogP contribution is 2.46. The minimum absolute atomic E-state index is 0.0410. The fraction of sp³-hybridized carbons (Fsp3) is 0. The Balaban J connectivity index is 0.959. The Morgan fingerprint density at radius 1 is 0.216 bits per heavy atom. The van der Waals surface area contributed by atoms with Crippen molar-refractivity contribution >= 4 is 131 Å². The van der Waals surface area contributed by atoms with Crippen molar-refractivity contribution in [2.45, 2.75) is 0 Å². The molecule has 0 aliphatic heterocycles. The Hall–Kier alpha value is -13.0. The van der Waals surface area contributed by atoms with Gasteiger partial charge in [0, 0.05) is 87.4 Å². The van der Waals surface area contributed by atoms with E-state index in [1.807, 2.05) is 130 Å². The highest BCUT2D eigenvalue weighted by atomic mass is 19.2. The second-order valence-electron chi connectivity index (χ2n) is 24.9. The van der Waals surface area contributed by atoms with Crippen LogP contribution in [-0.2, 0) is 0 Å². The number of hydrogen-bond donors (Lipinski definition) is 0. The van der Waals surface area contributed by atoms with Gasteiger partial charge < -0.3 is 27.4 Å². The van der Waals surface area contributed by atoms with E-state index in [4.69, 9.17) is 0 Å². The predicted octanol–water partition coefficient (Wildman–Crippen LogP) is 22.5. The molecule has 0 atom stereocenters. The maximum absolute atomic E-state index is 17.3. The SMILES string of the molecule is N#Cc1c(-n2c3cc(-n4c5ccccc5c5ccccc54)ccc3c3ccc(-n4c5ccccc5c5ccccc54)cc32)cc(-c2c(F)c(F)c(F)c(F)c2F)cc1-n1c2cc(-n3c4ccccc4c4ccccc43)ccc2c2ccc(-n3c4ccccc4c4ccccc43)cc21. The van der Waals surface area contributed by atoms with Gasteiger partial charge in [-0.2, -0.15) is 5.26 Å². The standard InChI is InChI=1S/C85H46F5N7/c86-81-80(82(87)84(89)85(90)83(81)88)48-41-74(96-76-43-49(92-66-25-9-1-17-53(66)54-18-2-10-26-67(54)92)33-37-61(76)62-38-34-50(44-77(62)96)93-68-27-11-3-19-55(68)56-20-4-12-28-69(56)93)65(47-91)75(42-48)97-78-45-51(94-70-29-13-5-21-57(70)58-22-6-14-30-71(58)94)35-39-63(78)64-40-36-52(46-79(64)97)95-72-31-15-7-23-59(72)60-24-8-16-32-73(60)95/h1-46H. The molecule has 97 heavy (non-hydrogen) atoms. The molecule has 14 aromatic carbocycles. The van der Waals surface area contributed by atoms with Crippen LogP contribution >= 0.6 is 0 Å². The van der Waals surface area contributed by atoms with Crippen molar-refractivity contribution in [1.29, 1.82) is 5.26 Å². The summed E-state index contributed by atoms with van der Waals surface area (Å²) in [6.45, 7) is 0. The van der Waals surface area contributed by atoms with E-state index in [-0.39, 0.29) is 22.5 Å². The molecule has 0 aliphatic carbocycles. The molecule has 20 aromatic rings. The van der Waals surface area contributed by atoms with Crippen LogP contribution in [0.4, 0.5) is 22.0 Å². The Bertz CT molecular complexity index is 5970. The van der Waals surface area contributed by atoms with Crippen LogP contribution in [0.3, 0.4) is 0 Å². The van der Waals surface area contributed by atoms with E-state index in [0.717, 1.165) is 132 Å². The second kappa shape index (κ2) is 20.3. The largest absolute Gasteiger partial charge is 0.309 e. The lowest BCUT2D eigenvalue weighted by atomic mass is 9.98. The zero-order chi connectivity index (χ0) is 64.6. The summed E-state index contributed by atoms with van der Waals surface area (Å²) >= 11 is 0. The molecule has 6 aromatic heterocycles. The van der Waals surface area contributed by atoms with Crippen LogP contribution in [0, 0.1) is 40.4 Å². The minimum atomic E-state index is -2.29. The van der Waals surface area contributed by atoms with E-state index in [9.17, 15) is 5.26 Å². The third kappa shape index (κ3) is 7.53. The van der Waals surface area contributed by atoms with E-state index in [2.05, 4.69) is 170 Å². The van der Waals surface area contributed by atoms with Crippen molar-refractivity contribution in [1.82, 2.24) is 27.4 Å². The van der Waals surface area contributed by atoms with Crippen molar-refractivity contribution in [3.63, 3.8) is 0 Å². The van der Waals surface area contributed by atoms with Crippen LogP contribution in [0.5, 0.6) is 0 Å². The Kier molecular flexibility index (Phi) is 11.4. The molecule has 12 heteroatoms. The lowest BCUT2D eigenvalue weighted by Gasteiger charge is -2.20. The van der Waals surface area contributed by atoms with Gasteiger partial charge in [-0.05, 0) is 115 Å².